The summed E-state index contributed by atoms with van der Waals surface area (Å²) < 4.78 is 16.6. The molecule has 0 saturated carbocycles. The first-order chi connectivity index (χ1) is 24.5. The van der Waals surface area contributed by atoms with Crippen molar-refractivity contribution in [1.82, 2.24) is 0 Å². The van der Waals surface area contributed by atoms with Gasteiger partial charge in [0.1, 0.15) is 13.2 Å². The fourth-order valence-corrected chi connectivity index (χ4v) is 6.19. The van der Waals surface area contributed by atoms with Crippen LogP contribution in [0, 0.1) is 0 Å². The topological polar surface area (TPSA) is 78.9 Å². The molecule has 0 bridgehead atoms. The zero-order valence-corrected chi connectivity index (χ0v) is 33.4. The minimum absolute atomic E-state index is 0.0696. The van der Waals surface area contributed by atoms with Gasteiger partial charge < -0.3 is 14.2 Å². The maximum Gasteiger partial charge on any atom is 0.306 e. The Hall–Kier alpha value is -1.85. The first kappa shape index (κ1) is 48.1. The van der Waals surface area contributed by atoms with Gasteiger partial charge in [-0.1, -0.05) is 187 Å². The van der Waals surface area contributed by atoms with Gasteiger partial charge in [0.15, 0.2) is 6.10 Å². The average Bonchev–Trinajstić information content (AvgIpc) is 3.11. The lowest BCUT2D eigenvalue weighted by Crippen LogP contribution is -2.30. The van der Waals surface area contributed by atoms with E-state index in [1.807, 2.05) is 0 Å². The Kier molecular flexibility index (Phi) is 38.5. The van der Waals surface area contributed by atoms with E-state index in [0.717, 1.165) is 64.2 Å². The highest BCUT2D eigenvalue weighted by Gasteiger charge is 2.19. The number of hydrogen-bond donors (Lipinski definition) is 0. The first-order valence-corrected chi connectivity index (χ1v) is 21.7. The molecule has 0 rings (SSSR count). The van der Waals surface area contributed by atoms with Crippen LogP contribution in [0.5, 0.6) is 0 Å². The van der Waals surface area contributed by atoms with Crippen LogP contribution in [-0.2, 0) is 28.6 Å². The van der Waals surface area contributed by atoms with Crippen molar-refractivity contribution in [2.75, 3.05) is 13.2 Å². The molecule has 1 unspecified atom stereocenters. The lowest BCUT2D eigenvalue weighted by Gasteiger charge is -2.18. The Morgan fingerprint density at radius 3 is 1.06 bits per heavy atom. The van der Waals surface area contributed by atoms with E-state index in [1.165, 1.54) is 128 Å². The number of allylic oxidation sites excluding steroid dienone is 2. The van der Waals surface area contributed by atoms with Gasteiger partial charge >= 0.3 is 17.9 Å². The van der Waals surface area contributed by atoms with E-state index in [-0.39, 0.29) is 31.1 Å². The van der Waals surface area contributed by atoms with Crippen molar-refractivity contribution in [1.29, 1.82) is 0 Å². The lowest BCUT2D eigenvalue weighted by molar-refractivity contribution is -0.167. The molecule has 294 valence electrons. The molecule has 6 heteroatoms. The van der Waals surface area contributed by atoms with Crippen molar-refractivity contribution in [3.05, 3.63) is 12.2 Å². The zero-order valence-electron chi connectivity index (χ0n) is 33.4. The van der Waals surface area contributed by atoms with Crippen molar-refractivity contribution in [2.24, 2.45) is 0 Å². The SMILES string of the molecule is CCCC/C=C\CCCCCCCC(=O)OC(COC(=O)CCCCCCCCCC)COC(=O)CCCCCCCCCCCCCCC. The van der Waals surface area contributed by atoms with Crippen molar-refractivity contribution >= 4 is 17.9 Å². The van der Waals surface area contributed by atoms with Gasteiger partial charge in [-0.25, -0.2) is 0 Å². The van der Waals surface area contributed by atoms with Crippen LogP contribution in [0.3, 0.4) is 0 Å². The maximum absolute atomic E-state index is 12.6. The molecule has 0 aliphatic carbocycles. The van der Waals surface area contributed by atoms with Gasteiger partial charge in [0, 0.05) is 19.3 Å². The zero-order chi connectivity index (χ0) is 36.6. The van der Waals surface area contributed by atoms with Crippen LogP contribution in [0.1, 0.15) is 233 Å². The highest BCUT2D eigenvalue weighted by Crippen LogP contribution is 2.15. The number of carbonyl (C=O) groups is 3. The molecule has 0 radical (unpaired) electrons. The van der Waals surface area contributed by atoms with Gasteiger partial charge in [-0.15, -0.1) is 0 Å². The van der Waals surface area contributed by atoms with Crippen LogP contribution >= 0.6 is 0 Å². The summed E-state index contributed by atoms with van der Waals surface area (Å²) >= 11 is 0. The molecule has 0 aliphatic heterocycles. The van der Waals surface area contributed by atoms with Crippen LogP contribution in [-0.4, -0.2) is 37.2 Å². The third kappa shape index (κ3) is 37.4. The van der Waals surface area contributed by atoms with Gasteiger partial charge in [-0.05, 0) is 38.5 Å². The molecule has 0 aromatic carbocycles. The fourth-order valence-electron chi connectivity index (χ4n) is 6.19. The Balaban J connectivity index is 4.32. The predicted molar refractivity (Wildman–Crippen MR) is 210 cm³/mol. The molecule has 6 nitrogen and oxygen atoms in total. The van der Waals surface area contributed by atoms with Crippen LogP contribution in [0.2, 0.25) is 0 Å². The highest BCUT2D eigenvalue weighted by molar-refractivity contribution is 5.71. The van der Waals surface area contributed by atoms with Gasteiger partial charge in [0.2, 0.25) is 0 Å². The Morgan fingerprint density at radius 1 is 0.380 bits per heavy atom. The summed E-state index contributed by atoms with van der Waals surface area (Å²) in [5.41, 5.74) is 0. The molecule has 0 fully saturated rings. The van der Waals surface area contributed by atoms with Crippen molar-refractivity contribution in [3.8, 4) is 0 Å². The van der Waals surface area contributed by atoms with E-state index in [2.05, 4.69) is 32.9 Å². The molecule has 0 aromatic rings. The Bertz CT molecular complexity index is 778. The van der Waals surface area contributed by atoms with E-state index < -0.39 is 6.10 Å². The second kappa shape index (κ2) is 39.9. The summed E-state index contributed by atoms with van der Waals surface area (Å²) in [6.07, 6.45) is 40.5. The molecule has 0 aromatic heterocycles. The normalized spacial score (nSPS) is 12.0. The fraction of sp³-hybridized carbons (Fsp3) is 0.886. The van der Waals surface area contributed by atoms with Gasteiger partial charge in [0.05, 0.1) is 0 Å². The summed E-state index contributed by atoms with van der Waals surface area (Å²) in [6, 6.07) is 0. The molecule has 0 aliphatic rings. The third-order valence-corrected chi connectivity index (χ3v) is 9.52. The predicted octanol–water partition coefficient (Wildman–Crippen LogP) is 13.5. The Morgan fingerprint density at radius 2 is 0.680 bits per heavy atom. The standard InChI is InChI=1S/C44H82O6/c1-4-7-10-13-16-19-21-22-24-25-28-31-34-37-43(46)49-40-41(39-48-42(45)36-33-30-27-18-15-12-9-6-3)50-44(47)38-35-32-29-26-23-20-17-14-11-8-5-2/h14,17,41H,4-13,15-16,18-40H2,1-3H3/b17-14-. The van der Waals surface area contributed by atoms with E-state index in [9.17, 15) is 14.4 Å². The molecular weight excluding hydrogens is 624 g/mol. The number of hydrogen-bond acceptors (Lipinski definition) is 6. The van der Waals surface area contributed by atoms with E-state index >= 15 is 0 Å². The molecule has 1 atom stereocenters. The Labute approximate surface area is 310 Å². The van der Waals surface area contributed by atoms with E-state index in [0.29, 0.717) is 19.3 Å². The monoisotopic (exact) mass is 707 g/mol. The minimum atomic E-state index is -0.764. The van der Waals surface area contributed by atoms with E-state index in [4.69, 9.17) is 14.2 Å². The maximum atomic E-state index is 12.6. The summed E-state index contributed by atoms with van der Waals surface area (Å²) in [5.74, 6) is -0.879. The largest absolute Gasteiger partial charge is 0.462 e. The number of ether oxygens (including phenoxy) is 3. The highest BCUT2D eigenvalue weighted by atomic mass is 16.6. The summed E-state index contributed by atoms with van der Waals surface area (Å²) in [4.78, 5) is 37.5. The van der Waals surface area contributed by atoms with Gasteiger partial charge in [-0.2, -0.15) is 0 Å². The van der Waals surface area contributed by atoms with Crippen LogP contribution in [0.4, 0.5) is 0 Å². The van der Waals surface area contributed by atoms with E-state index in [1.54, 1.807) is 0 Å². The summed E-state index contributed by atoms with van der Waals surface area (Å²) in [6.45, 7) is 6.56. The number of esters is 3. The van der Waals surface area contributed by atoms with Crippen LogP contribution in [0.15, 0.2) is 12.2 Å². The van der Waals surface area contributed by atoms with Crippen molar-refractivity contribution in [2.45, 2.75) is 239 Å². The van der Waals surface area contributed by atoms with Gasteiger partial charge in [0.25, 0.3) is 0 Å². The molecular formula is C44H82O6. The molecule has 0 spiro atoms. The summed E-state index contributed by atoms with van der Waals surface area (Å²) in [5, 5.41) is 0. The lowest BCUT2D eigenvalue weighted by atomic mass is 10.0. The van der Waals surface area contributed by atoms with Gasteiger partial charge in [-0.3, -0.25) is 14.4 Å². The number of carbonyl (C=O) groups excluding carboxylic acids is 3. The third-order valence-electron chi connectivity index (χ3n) is 9.52. The molecule has 0 N–H and O–H groups in total. The number of unbranched alkanes of at least 4 members (excludes halogenated alkanes) is 26. The molecule has 0 heterocycles. The molecule has 0 amide bonds. The quantitative estimate of drug-likeness (QED) is 0.0274. The first-order valence-electron chi connectivity index (χ1n) is 21.7. The number of rotatable bonds is 39. The second-order valence-corrected chi connectivity index (χ2v) is 14.6. The summed E-state index contributed by atoms with van der Waals surface area (Å²) in [7, 11) is 0. The molecule has 0 saturated heterocycles. The van der Waals surface area contributed by atoms with Crippen LogP contribution < -0.4 is 0 Å². The van der Waals surface area contributed by atoms with Crippen LogP contribution in [0.25, 0.3) is 0 Å². The average molecular weight is 707 g/mol. The second-order valence-electron chi connectivity index (χ2n) is 14.6. The van der Waals surface area contributed by atoms with Crippen molar-refractivity contribution in [3.63, 3.8) is 0 Å². The van der Waals surface area contributed by atoms with Crippen molar-refractivity contribution < 1.29 is 28.6 Å². The minimum Gasteiger partial charge on any atom is -0.462 e. The smallest absolute Gasteiger partial charge is 0.306 e. The molecule has 50 heavy (non-hydrogen) atoms.